The summed E-state index contributed by atoms with van der Waals surface area (Å²) in [6.45, 7) is 4.36. The molecule has 0 aliphatic heterocycles. The topological polar surface area (TPSA) is 55.1 Å². The number of benzene rings is 1. The smallest absolute Gasteiger partial charge is 0.224 e. The molecule has 0 aliphatic carbocycles. The van der Waals surface area contributed by atoms with Crippen molar-refractivity contribution in [3.8, 4) is 0 Å². The molecule has 17 heavy (non-hydrogen) atoms. The summed E-state index contributed by atoms with van der Waals surface area (Å²) in [5, 5.41) is 3.07. The highest BCUT2D eigenvalue weighted by atomic mass is 16.1. The summed E-state index contributed by atoms with van der Waals surface area (Å²) in [7, 11) is 0. The normalized spacial score (nSPS) is 14.1. The van der Waals surface area contributed by atoms with Crippen LogP contribution in [0.3, 0.4) is 0 Å². The van der Waals surface area contributed by atoms with Gasteiger partial charge in [0, 0.05) is 12.5 Å². The number of carbonyl (C=O) groups is 1. The van der Waals surface area contributed by atoms with Crippen LogP contribution >= 0.6 is 0 Å². The average Bonchev–Trinajstić information content (AvgIpc) is 2.38. The van der Waals surface area contributed by atoms with Crippen molar-refractivity contribution >= 4 is 5.91 Å². The molecule has 1 rings (SSSR count). The van der Waals surface area contributed by atoms with E-state index in [1.807, 2.05) is 37.3 Å². The molecule has 94 valence electrons. The molecular weight excluding hydrogens is 212 g/mol. The van der Waals surface area contributed by atoms with Gasteiger partial charge in [-0.2, -0.15) is 0 Å². The maximum atomic E-state index is 11.8. The molecule has 0 spiro atoms. The first-order valence-electron chi connectivity index (χ1n) is 6.24. The van der Waals surface area contributed by atoms with Crippen molar-refractivity contribution in [3.05, 3.63) is 35.9 Å². The molecule has 0 radical (unpaired) electrons. The lowest BCUT2D eigenvalue weighted by Crippen LogP contribution is -2.35. The Balaban J connectivity index is 2.70. The van der Waals surface area contributed by atoms with E-state index in [0.717, 1.165) is 18.4 Å². The van der Waals surface area contributed by atoms with Gasteiger partial charge in [-0.15, -0.1) is 0 Å². The molecule has 3 heteroatoms. The number of rotatable bonds is 6. The summed E-state index contributed by atoms with van der Waals surface area (Å²) in [5.41, 5.74) is 6.66. The lowest BCUT2D eigenvalue weighted by atomic mass is 10.0. The van der Waals surface area contributed by atoms with Crippen LogP contribution in [0.1, 0.15) is 38.3 Å². The van der Waals surface area contributed by atoms with Crippen molar-refractivity contribution in [1.29, 1.82) is 0 Å². The van der Waals surface area contributed by atoms with E-state index >= 15 is 0 Å². The first-order valence-corrected chi connectivity index (χ1v) is 6.24. The quantitative estimate of drug-likeness (QED) is 0.793. The average molecular weight is 234 g/mol. The summed E-state index contributed by atoms with van der Waals surface area (Å²) in [4.78, 5) is 11.8. The summed E-state index contributed by atoms with van der Waals surface area (Å²) in [6, 6.07) is 10.2. The lowest BCUT2D eigenvalue weighted by molar-refractivity contribution is -0.125. The highest BCUT2D eigenvalue weighted by Crippen LogP contribution is 2.18. The van der Waals surface area contributed by atoms with Crippen LogP contribution in [0.5, 0.6) is 0 Å². The zero-order valence-corrected chi connectivity index (χ0v) is 10.6. The number of nitrogens with two attached hydrogens (primary N) is 1. The zero-order chi connectivity index (χ0) is 12.7. The van der Waals surface area contributed by atoms with E-state index in [2.05, 4.69) is 12.2 Å². The number of nitrogens with one attached hydrogen (secondary N) is 1. The minimum atomic E-state index is -0.127. The standard InChI is InChI=1S/C14H22N2O/c1-3-7-13(12-8-5-4-6-9-12)16-14(17)11(2)10-15/h4-6,8-9,11,13H,3,7,10,15H2,1-2H3,(H,16,17). The Kier molecular flexibility index (Phi) is 5.70. The molecule has 3 N–H and O–H groups in total. The Morgan fingerprint density at radius 1 is 1.35 bits per heavy atom. The van der Waals surface area contributed by atoms with E-state index in [1.54, 1.807) is 0 Å². The van der Waals surface area contributed by atoms with Gasteiger partial charge in [0.15, 0.2) is 0 Å². The highest BCUT2D eigenvalue weighted by Gasteiger charge is 2.17. The van der Waals surface area contributed by atoms with Crippen LogP contribution in [0.4, 0.5) is 0 Å². The number of hydrogen-bond acceptors (Lipinski definition) is 2. The van der Waals surface area contributed by atoms with Crippen LogP contribution in [-0.4, -0.2) is 12.5 Å². The van der Waals surface area contributed by atoms with Crippen molar-refractivity contribution in [1.82, 2.24) is 5.32 Å². The van der Waals surface area contributed by atoms with Gasteiger partial charge in [-0.25, -0.2) is 0 Å². The second kappa shape index (κ2) is 7.07. The number of hydrogen-bond donors (Lipinski definition) is 2. The van der Waals surface area contributed by atoms with Gasteiger partial charge in [0.1, 0.15) is 0 Å². The zero-order valence-electron chi connectivity index (χ0n) is 10.6. The van der Waals surface area contributed by atoms with Crippen LogP contribution < -0.4 is 11.1 Å². The van der Waals surface area contributed by atoms with E-state index in [-0.39, 0.29) is 17.9 Å². The Hall–Kier alpha value is -1.35. The molecule has 1 aromatic rings. The first kappa shape index (κ1) is 13.7. The molecule has 0 heterocycles. The molecule has 0 fully saturated rings. The van der Waals surface area contributed by atoms with Gasteiger partial charge in [-0.1, -0.05) is 50.6 Å². The third kappa shape index (κ3) is 4.19. The second-order valence-corrected chi connectivity index (χ2v) is 4.40. The largest absolute Gasteiger partial charge is 0.349 e. The SMILES string of the molecule is CCCC(NC(=O)C(C)CN)c1ccccc1. The monoisotopic (exact) mass is 234 g/mol. The Morgan fingerprint density at radius 3 is 2.53 bits per heavy atom. The molecule has 2 atom stereocenters. The Bertz CT molecular complexity index is 337. The molecule has 1 aromatic carbocycles. The van der Waals surface area contributed by atoms with Crippen molar-refractivity contribution in [3.63, 3.8) is 0 Å². The van der Waals surface area contributed by atoms with Crippen molar-refractivity contribution in [2.45, 2.75) is 32.7 Å². The maximum Gasteiger partial charge on any atom is 0.224 e. The summed E-state index contributed by atoms with van der Waals surface area (Å²) >= 11 is 0. The fraction of sp³-hybridized carbons (Fsp3) is 0.500. The molecule has 1 amide bonds. The Morgan fingerprint density at radius 2 is 2.00 bits per heavy atom. The van der Waals surface area contributed by atoms with Gasteiger partial charge in [0.05, 0.1) is 6.04 Å². The highest BCUT2D eigenvalue weighted by molar-refractivity contribution is 5.78. The summed E-state index contributed by atoms with van der Waals surface area (Å²) in [5.74, 6) is -0.0899. The Labute approximate surface area is 103 Å². The van der Waals surface area contributed by atoms with Crippen LogP contribution in [0.15, 0.2) is 30.3 Å². The van der Waals surface area contributed by atoms with Crippen molar-refractivity contribution < 1.29 is 4.79 Å². The van der Waals surface area contributed by atoms with Gasteiger partial charge in [-0.05, 0) is 12.0 Å². The minimum absolute atomic E-state index is 0.0369. The van der Waals surface area contributed by atoms with Gasteiger partial charge in [-0.3, -0.25) is 4.79 Å². The molecule has 0 saturated carbocycles. The van der Waals surface area contributed by atoms with Crippen molar-refractivity contribution in [2.24, 2.45) is 11.7 Å². The molecular formula is C14H22N2O. The molecule has 0 bridgehead atoms. The fourth-order valence-corrected chi connectivity index (χ4v) is 1.72. The van der Waals surface area contributed by atoms with E-state index in [4.69, 9.17) is 5.73 Å². The second-order valence-electron chi connectivity index (χ2n) is 4.40. The number of carbonyl (C=O) groups excluding carboxylic acids is 1. The van der Waals surface area contributed by atoms with Crippen molar-refractivity contribution in [2.75, 3.05) is 6.54 Å². The summed E-state index contributed by atoms with van der Waals surface area (Å²) < 4.78 is 0. The summed E-state index contributed by atoms with van der Waals surface area (Å²) in [6.07, 6.45) is 1.99. The number of amides is 1. The first-order chi connectivity index (χ1) is 8.19. The van der Waals surface area contributed by atoms with Gasteiger partial charge in [0.2, 0.25) is 5.91 Å². The fourth-order valence-electron chi connectivity index (χ4n) is 1.72. The molecule has 3 nitrogen and oxygen atoms in total. The van der Waals surface area contributed by atoms with Gasteiger partial charge in [0.25, 0.3) is 0 Å². The van der Waals surface area contributed by atoms with E-state index in [9.17, 15) is 4.79 Å². The lowest BCUT2D eigenvalue weighted by Gasteiger charge is -2.20. The van der Waals surface area contributed by atoms with Gasteiger partial charge >= 0.3 is 0 Å². The molecule has 0 aliphatic rings. The van der Waals surface area contributed by atoms with Crippen LogP contribution in [0, 0.1) is 5.92 Å². The van der Waals surface area contributed by atoms with Crippen LogP contribution in [0.25, 0.3) is 0 Å². The van der Waals surface area contributed by atoms with Gasteiger partial charge < -0.3 is 11.1 Å². The molecule has 2 unspecified atom stereocenters. The third-order valence-electron chi connectivity index (χ3n) is 2.90. The predicted molar refractivity (Wildman–Crippen MR) is 70.5 cm³/mol. The van der Waals surface area contributed by atoms with E-state index in [0.29, 0.717) is 6.54 Å². The van der Waals surface area contributed by atoms with Crippen LogP contribution in [-0.2, 0) is 4.79 Å². The predicted octanol–water partition coefficient (Wildman–Crippen LogP) is 2.24. The maximum absolute atomic E-state index is 11.8. The molecule has 0 aromatic heterocycles. The molecule has 0 saturated heterocycles. The van der Waals surface area contributed by atoms with E-state index < -0.39 is 0 Å². The van der Waals surface area contributed by atoms with Crippen LogP contribution in [0.2, 0.25) is 0 Å². The minimum Gasteiger partial charge on any atom is -0.349 e. The van der Waals surface area contributed by atoms with E-state index in [1.165, 1.54) is 0 Å². The third-order valence-corrected chi connectivity index (χ3v) is 2.90.